The average Bonchev–Trinajstić information content (AvgIpc) is 3.55. The number of hydrogen-bond acceptors (Lipinski definition) is 5. The topological polar surface area (TPSA) is 105 Å². The molecular formula is C80H156N2O6P+. The molecule has 0 fully saturated rings. The van der Waals surface area contributed by atoms with Gasteiger partial charge in [0, 0.05) is 6.42 Å². The zero-order chi connectivity index (χ0) is 64.8. The highest BCUT2D eigenvalue weighted by Gasteiger charge is 2.28. The Bertz CT molecular complexity index is 1590. The third kappa shape index (κ3) is 73.7. The van der Waals surface area contributed by atoms with Gasteiger partial charge in [0.25, 0.3) is 0 Å². The van der Waals surface area contributed by atoms with E-state index in [2.05, 4.69) is 67.8 Å². The third-order valence-electron chi connectivity index (χ3n) is 18.3. The van der Waals surface area contributed by atoms with Crippen LogP contribution < -0.4 is 5.32 Å². The molecule has 3 atom stereocenters. The van der Waals surface area contributed by atoms with Gasteiger partial charge in [0.1, 0.15) is 13.2 Å². The van der Waals surface area contributed by atoms with Gasteiger partial charge in [-0.3, -0.25) is 13.8 Å². The molecule has 8 nitrogen and oxygen atoms in total. The van der Waals surface area contributed by atoms with E-state index in [1.165, 1.54) is 315 Å². The number of hydrogen-bond donors (Lipinski definition) is 3. The number of phosphoric acid groups is 1. The van der Waals surface area contributed by atoms with Crippen molar-refractivity contribution < 1.29 is 32.9 Å². The summed E-state index contributed by atoms with van der Waals surface area (Å²) in [6.45, 7) is 4.84. The van der Waals surface area contributed by atoms with E-state index in [0.717, 1.165) is 64.2 Å². The van der Waals surface area contributed by atoms with Crippen LogP contribution in [-0.2, 0) is 18.4 Å². The van der Waals surface area contributed by atoms with Gasteiger partial charge in [0.15, 0.2) is 0 Å². The maximum atomic E-state index is 13.1. The van der Waals surface area contributed by atoms with Crippen molar-refractivity contribution in [1.82, 2.24) is 5.32 Å². The first-order valence-electron chi connectivity index (χ1n) is 39.5. The molecule has 0 saturated heterocycles. The van der Waals surface area contributed by atoms with E-state index in [1.807, 2.05) is 21.1 Å². The minimum absolute atomic E-state index is 0.0773. The fourth-order valence-corrected chi connectivity index (χ4v) is 13.0. The summed E-state index contributed by atoms with van der Waals surface area (Å²) in [5.41, 5.74) is 0. The zero-order valence-corrected chi connectivity index (χ0v) is 61.3. The van der Waals surface area contributed by atoms with E-state index >= 15 is 0 Å². The van der Waals surface area contributed by atoms with Gasteiger partial charge in [-0.1, -0.05) is 396 Å². The van der Waals surface area contributed by atoms with E-state index in [-0.39, 0.29) is 19.1 Å². The number of aliphatic hydroxyl groups excluding tert-OH is 1. The van der Waals surface area contributed by atoms with Crippen LogP contribution in [0, 0.1) is 0 Å². The second kappa shape index (κ2) is 70.8. The van der Waals surface area contributed by atoms with Crippen LogP contribution in [0.4, 0.5) is 0 Å². The fourth-order valence-electron chi connectivity index (χ4n) is 12.3. The molecule has 0 aliphatic rings. The molecular weight excluding hydrogens is 1120 g/mol. The Morgan fingerprint density at radius 2 is 0.674 bits per heavy atom. The van der Waals surface area contributed by atoms with Crippen molar-refractivity contribution in [2.24, 2.45) is 0 Å². The molecule has 1 amide bonds. The number of carbonyl (C=O) groups excluding carboxylic acids is 1. The van der Waals surface area contributed by atoms with Crippen molar-refractivity contribution in [3.63, 3.8) is 0 Å². The number of amides is 1. The van der Waals surface area contributed by atoms with E-state index in [4.69, 9.17) is 9.05 Å². The quantitative estimate of drug-likeness (QED) is 0.0243. The van der Waals surface area contributed by atoms with Gasteiger partial charge in [-0.25, -0.2) is 4.57 Å². The molecule has 0 rings (SSSR count). The first-order chi connectivity index (χ1) is 43.5. The van der Waals surface area contributed by atoms with Crippen LogP contribution in [0.2, 0.25) is 0 Å². The highest BCUT2D eigenvalue weighted by Crippen LogP contribution is 2.43. The number of allylic oxidation sites excluding steroid dienone is 8. The van der Waals surface area contributed by atoms with Gasteiger partial charge in [-0.2, -0.15) is 0 Å². The summed E-state index contributed by atoms with van der Waals surface area (Å²) in [6.07, 6.45) is 96.9. The van der Waals surface area contributed by atoms with Crippen LogP contribution in [0.1, 0.15) is 406 Å². The van der Waals surface area contributed by atoms with Crippen molar-refractivity contribution in [2.75, 3.05) is 40.9 Å². The molecule has 3 N–H and O–H groups in total. The van der Waals surface area contributed by atoms with E-state index in [0.29, 0.717) is 23.9 Å². The lowest BCUT2D eigenvalue weighted by Crippen LogP contribution is -2.46. The SMILES string of the molecule is CC/C=C\C/C=C\C/C=C\C/C=C\CCCCCCCCCCCCCCCCCCCCCCCCCCCCC(=O)NC(COP(=O)(O)OCC[N+](C)(C)C)C(O)CCCCCCCCCCCCCCCCCCCCCCCCCCCCCC. The Morgan fingerprint density at radius 1 is 0.393 bits per heavy atom. The van der Waals surface area contributed by atoms with Crippen molar-refractivity contribution in [3.05, 3.63) is 48.6 Å². The summed E-state index contributed by atoms with van der Waals surface area (Å²) >= 11 is 0. The lowest BCUT2D eigenvalue weighted by molar-refractivity contribution is -0.870. The number of unbranched alkanes of at least 4 members (excludes halogenated alkanes) is 53. The maximum absolute atomic E-state index is 13.1. The summed E-state index contributed by atoms with van der Waals surface area (Å²) in [7, 11) is 1.64. The van der Waals surface area contributed by atoms with Gasteiger partial charge < -0.3 is 19.8 Å². The largest absolute Gasteiger partial charge is 0.472 e. The first kappa shape index (κ1) is 87.5. The van der Waals surface area contributed by atoms with Crippen LogP contribution in [-0.4, -0.2) is 73.4 Å². The molecule has 526 valence electrons. The first-order valence-corrected chi connectivity index (χ1v) is 41.0. The maximum Gasteiger partial charge on any atom is 0.472 e. The van der Waals surface area contributed by atoms with Crippen LogP contribution in [0.15, 0.2) is 48.6 Å². The Kier molecular flexibility index (Phi) is 69.5. The molecule has 0 aliphatic heterocycles. The Morgan fingerprint density at radius 3 is 0.989 bits per heavy atom. The summed E-state index contributed by atoms with van der Waals surface area (Å²) in [4.78, 5) is 23.5. The van der Waals surface area contributed by atoms with Crippen LogP contribution in [0.3, 0.4) is 0 Å². The Balaban J connectivity index is 3.90. The van der Waals surface area contributed by atoms with Crippen molar-refractivity contribution in [2.45, 2.75) is 418 Å². The van der Waals surface area contributed by atoms with Crippen LogP contribution in [0.5, 0.6) is 0 Å². The van der Waals surface area contributed by atoms with Gasteiger partial charge in [0.2, 0.25) is 5.91 Å². The molecule has 0 heterocycles. The van der Waals surface area contributed by atoms with Gasteiger partial charge in [-0.05, 0) is 51.4 Å². The number of rotatable bonds is 74. The van der Waals surface area contributed by atoms with Gasteiger partial charge in [-0.15, -0.1) is 0 Å². The Hall–Kier alpha value is -1.54. The minimum atomic E-state index is -4.33. The number of aliphatic hydroxyl groups is 1. The molecule has 0 spiro atoms. The molecule has 0 radical (unpaired) electrons. The number of likely N-dealkylation sites (N-methyl/N-ethyl adjacent to an activating group) is 1. The van der Waals surface area contributed by atoms with Crippen LogP contribution >= 0.6 is 7.82 Å². The number of phosphoric ester groups is 1. The lowest BCUT2D eigenvalue weighted by atomic mass is 10.0. The van der Waals surface area contributed by atoms with Crippen LogP contribution in [0.25, 0.3) is 0 Å². The molecule has 0 bridgehead atoms. The van der Waals surface area contributed by atoms with Gasteiger partial charge >= 0.3 is 7.82 Å². The number of nitrogens with one attached hydrogen (secondary N) is 1. The summed E-state index contributed by atoms with van der Waals surface area (Å²) in [5.74, 6) is -0.135. The van der Waals surface area contributed by atoms with Crippen molar-refractivity contribution in [1.29, 1.82) is 0 Å². The molecule has 3 unspecified atom stereocenters. The minimum Gasteiger partial charge on any atom is -0.391 e. The molecule has 9 heteroatoms. The average molecular weight is 1270 g/mol. The van der Waals surface area contributed by atoms with Gasteiger partial charge in [0.05, 0.1) is 39.9 Å². The highest BCUT2D eigenvalue weighted by molar-refractivity contribution is 7.47. The van der Waals surface area contributed by atoms with E-state index in [1.54, 1.807) is 0 Å². The third-order valence-corrected chi connectivity index (χ3v) is 19.3. The van der Waals surface area contributed by atoms with E-state index < -0.39 is 20.0 Å². The molecule has 0 aromatic rings. The molecule has 0 aromatic heterocycles. The predicted molar refractivity (Wildman–Crippen MR) is 392 cm³/mol. The molecule has 0 aromatic carbocycles. The number of carbonyl (C=O) groups is 1. The second-order valence-electron chi connectivity index (χ2n) is 28.4. The number of quaternary nitrogens is 1. The monoisotopic (exact) mass is 1270 g/mol. The lowest BCUT2D eigenvalue weighted by Gasteiger charge is -2.26. The molecule has 89 heavy (non-hydrogen) atoms. The standard InChI is InChI=1S/C80H155N2O6P/c1-6-8-10-12-14-16-18-20-22-24-26-28-30-32-34-36-37-38-39-40-41-42-43-44-45-46-48-50-52-54-56-58-60-62-64-66-68-70-72-74-80(84)81-78(77-88-89(85,86)87-76-75-82(3,4)5)79(83)73-71-69-67-65-63-61-59-57-55-53-51-49-47-35-33-31-29-27-25-23-21-19-17-15-13-11-9-7-2/h8,10,14,16,20,22,26,28,78-79,83H,6-7,9,11-13,15,17-19,21,23-25,27,29-77H2,1-5H3,(H-,81,84,85,86)/p+1/b10-8-,16-14-,22-20-,28-26-. The number of nitrogens with zero attached hydrogens (tertiary/aromatic N) is 1. The van der Waals surface area contributed by atoms with E-state index in [9.17, 15) is 19.4 Å². The fraction of sp³-hybridized carbons (Fsp3) is 0.887. The summed E-state index contributed by atoms with van der Waals surface area (Å²) in [6, 6.07) is -0.761. The smallest absolute Gasteiger partial charge is 0.391 e. The highest BCUT2D eigenvalue weighted by atomic mass is 31.2. The predicted octanol–water partition coefficient (Wildman–Crippen LogP) is 25.7. The Labute approximate surface area is 556 Å². The normalized spacial score (nSPS) is 13.7. The summed E-state index contributed by atoms with van der Waals surface area (Å²) < 4.78 is 24.0. The second-order valence-corrected chi connectivity index (χ2v) is 29.9. The molecule has 0 aliphatic carbocycles. The van der Waals surface area contributed by atoms with Crippen molar-refractivity contribution >= 4 is 13.7 Å². The van der Waals surface area contributed by atoms with Crippen molar-refractivity contribution in [3.8, 4) is 0 Å². The summed E-state index contributed by atoms with van der Waals surface area (Å²) in [5, 5.41) is 14.2. The zero-order valence-electron chi connectivity index (χ0n) is 60.5. The molecule has 0 saturated carbocycles.